The number of para-hydroxylation sites is 1. The van der Waals surface area contributed by atoms with Crippen LogP contribution in [0.1, 0.15) is 16.7 Å². The maximum Gasteiger partial charge on any atom is 0.282 e. The van der Waals surface area contributed by atoms with Crippen LogP contribution in [0.15, 0.2) is 99.2 Å². The second-order valence-corrected chi connectivity index (χ2v) is 9.61. The van der Waals surface area contributed by atoms with Gasteiger partial charge in [0.05, 0.1) is 55.5 Å². The van der Waals surface area contributed by atoms with Crippen molar-refractivity contribution in [2.75, 3.05) is 21.3 Å². The largest absolute Gasteiger partial charge is 0.496 e. The van der Waals surface area contributed by atoms with Gasteiger partial charge in [0.15, 0.2) is 17.3 Å². The Morgan fingerprint density at radius 1 is 0.886 bits per heavy atom. The van der Waals surface area contributed by atoms with Gasteiger partial charge in [0.25, 0.3) is 5.56 Å². The van der Waals surface area contributed by atoms with Gasteiger partial charge in [-0.05, 0) is 48.5 Å². The molecular formula is C34H26N4O6. The van der Waals surface area contributed by atoms with E-state index in [1.165, 1.54) is 25.1 Å². The number of hydrogen-bond acceptors (Lipinski definition) is 9. The molecule has 44 heavy (non-hydrogen) atoms. The standard InChI is InChI=1S/C34H26N4O6/c1-40-27-13-8-14-28-25(27)17-31(44-28)33-37-26-12-7-6-11-24(26)34(39)38(33)36-19-21-15-29(41-2)32(30(16-21)42-3)43-20-23-10-5-4-9-22(23)18-35/h4-17,19H,20H2,1-3H3. The summed E-state index contributed by atoms with van der Waals surface area (Å²) in [6.45, 7) is 0.133. The molecule has 0 bridgehead atoms. The molecule has 218 valence electrons. The van der Waals surface area contributed by atoms with Crippen LogP contribution in [-0.4, -0.2) is 37.2 Å². The first kappa shape index (κ1) is 28.1. The zero-order valence-corrected chi connectivity index (χ0v) is 24.1. The number of nitriles is 1. The van der Waals surface area contributed by atoms with Crippen LogP contribution < -0.4 is 24.5 Å². The Balaban J connectivity index is 1.42. The fraction of sp³-hybridized carbons (Fsp3) is 0.118. The average Bonchev–Trinajstić information content (AvgIpc) is 3.51. The fourth-order valence-corrected chi connectivity index (χ4v) is 4.86. The second-order valence-electron chi connectivity index (χ2n) is 9.61. The van der Waals surface area contributed by atoms with Crippen LogP contribution in [0.5, 0.6) is 23.0 Å². The Bertz CT molecular complexity index is 2120. The van der Waals surface area contributed by atoms with E-state index < -0.39 is 0 Å². The van der Waals surface area contributed by atoms with E-state index in [9.17, 15) is 10.1 Å². The molecule has 0 atom stereocenters. The minimum absolute atomic E-state index is 0.133. The minimum atomic E-state index is -0.371. The van der Waals surface area contributed by atoms with Crippen LogP contribution in [0, 0.1) is 11.3 Å². The number of ether oxygens (including phenoxy) is 4. The van der Waals surface area contributed by atoms with Gasteiger partial charge < -0.3 is 23.4 Å². The van der Waals surface area contributed by atoms with Crippen LogP contribution in [0.4, 0.5) is 0 Å². The maximum atomic E-state index is 13.7. The summed E-state index contributed by atoms with van der Waals surface area (Å²) in [7, 11) is 4.61. The summed E-state index contributed by atoms with van der Waals surface area (Å²) in [4.78, 5) is 18.4. The lowest BCUT2D eigenvalue weighted by Crippen LogP contribution is -2.20. The van der Waals surface area contributed by atoms with Gasteiger partial charge in [-0.25, -0.2) is 4.98 Å². The SMILES string of the molecule is COc1cc(C=Nn2c(-c3cc4c(OC)cccc4o3)nc3ccccc3c2=O)cc(OC)c1OCc1ccccc1C#N. The number of aromatic nitrogens is 2. The van der Waals surface area contributed by atoms with Crippen molar-refractivity contribution in [3.05, 3.63) is 112 Å². The summed E-state index contributed by atoms with van der Waals surface area (Å²) in [6.07, 6.45) is 1.50. The van der Waals surface area contributed by atoms with Gasteiger partial charge in [-0.15, -0.1) is 0 Å². The van der Waals surface area contributed by atoms with Gasteiger partial charge in [0.1, 0.15) is 17.9 Å². The van der Waals surface area contributed by atoms with Crippen molar-refractivity contribution in [3.8, 4) is 40.7 Å². The van der Waals surface area contributed by atoms with Crippen molar-refractivity contribution in [1.29, 1.82) is 5.26 Å². The van der Waals surface area contributed by atoms with Crippen LogP contribution >= 0.6 is 0 Å². The predicted octanol–water partition coefficient (Wildman–Crippen LogP) is 6.17. The first-order chi connectivity index (χ1) is 21.5. The van der Waals surface area contributed by atoms with Gasteiger partial charge in [-0.2, -0.15) is 15.0 Å². The molecule has 0 unspecified atom stereocenters. The first-order valence-corrected chi connectivity index (χ1v) is 13.5. The molecule has 4 aromatic carbocycles. The number of hydrogen-bond donors (Lipinski definition) is 0. The molecule has 0 aliphatic rings. The summed E-state index contributed by atoms with van der Waals surface area (Å²) in [5.41, 5.74) is 2.53. The third-order valence-corrected chi connectivity index (χ3v) is 7.03. The molecule has 0 N–H and O–H groups in total. The molecule has 0 spiro atoms. The molecule has 0 aliphatic carbocycles. The first-order valence-electron chi connectivity index (χ1n) is 13.5. The van der Waals surface area contributed by atoms with Gasteiger partial charge >= 0.3 is 0 Å². The molecular weight excluding hydrogens is 560 g/mol. The zero-order valence-electron chi connectivity index (χ0n) is 24.1. The van der Waals surface area contributed by atoms with E-state index in [4.69, 9.17) is 28.3 Å². The van der Waals surface area contributed by atoms with E-state index in [2.05, 4.69) is 11.2 Å². The topological polar surface area (TPSA) is 121 Å². The summed E-state index contributed by atoms with van der Waals surface area (Å²) in [5, 5.41) is 15.1. The zero-order chi connectivity index (χ0) is 30.6. The van der Waals surface area contributed by atoms with Gasteiger partial charge in [0.2, 0.25) is 11.6 Å². The monoisotopic (exact) mass is 586 g/mol. The van der Waals surface area contributed by atoms with Crippen LogP contribution in [0.3, 0.4) is 0 Å². The van der Waals surface area contributed by atoms with Gasteiger partial charge in [-0.3, -0.25) is 4.79 Å². The predicted molar refractivity (Wildman–Crippen MR) is 166 cm³/mol. The van der Waals surface area contributed by atoms with E-state index in [-0.39, 0.29) is 18.0 Å². The molecule has 6 aromatic rings. The number of furan rings is 1. The lowest BCUT2D eigenvalue weighted by molar-refractivity contribution is 0.265. The molecule has 0 saturated heterocycles. The van der Waals surface area contributed by atoms with Crippen molar-refractivity contribution in [3.63, 3.8) is 0 Å². The van der Waals surface area contributed by atoms with Crippen LogP contribution in [0.25, 0.3) is 33.5 Å². The molecule has 0 saturated carbocycles. The number of rotatable bonds is 9. The summed E-state index contributed by atoms with van der Waals surface area (Å²) in [5.74, 6) is 2.33. The highest BCUT2D eigenvalue weighted by molar-refractivity contribution is 5.89. The average molecular weight is 587 g/mol. The summed E-state index contributed by atoms with van der Waals surface area (Å²) < 4.78 is 30.1. The van der Waals surface area contributed by atoms with Gasteiger partial charge in [-0.1, -0.05) is 36.4 Å². The molecule has 0 radical (unpaired) electrons. The quantitative estimate of drug-likeness (QED) is 0.185. The Morgan fingerprint density at radius 3 is 2.36 bits per heavy atom. The molecule has 10 heteroatoms. The van der Waals surface area contributed by atoms with Crippen molar-refractivity contribution >= 4 is 28.1 Å². The normalized spacial score (nSPS) is 11.1. The van der Waals surface area contributed by atoms with Crippen LogP contribution in [0.2, 0.25) is 0 Å². The molecule has 2 heterocycles. The molecule has 6 rings (SSSR count). The lowest BCUT2D eigenvalue weighted by Gasteiger charge is -2.16. The summed E-state index contributed by atoms with van der Waals surface area (Å²) in [6, 6.07) is 27.1. The Labute approximate surface area is 251 Å². The molecule has 10 nitrogen and oxygen atoms in total. The fourth-order valence-electron chi connectivity index (χ4n) is 4.86. The van der Waals surface area contributed by atoms with Crippen molar-refractivity contribution in [1.82, 2.24) is 9.66 Å². The highest BCUT2D eigenvalue weighted by Crippen LogP contribution is 2.39. The van der Waals surface area contributed by atoms with Crippen molar-refractivity contribution < 1.29 is 23.4 Å². The highest BCUT2D eigenvalue weighted by Gasteiger charge is 2.19. The van der Waals surface area contributed by atoms with E-state index in [0.717, 1.165) is 10.9 Å². The number of benzene rings is 4. The van der Waals surface area contributed by atoms with Crippen molar-refractivity contribution in [2.45, 2.75) is 6.61 Å². The molecule has 0 aliphatic heterocycles. The number of fused-ring (bicyclic) bond motifs is 2. The third kappa shape index (κ3) is 5.18. The second kappa shape index (κ2) is 12.0. The van der Waals surface area contributed by atoms with E-state index >= 15 is 0 Å². The molecule has 0 fully saturated rings. The van der Waals surface area contributed by atoms with E-state index in [0.29, 0.717) is 56.4 Å². The summed E-state index contributed by atoms with van der Waals surface area (Å²) >= 11 is 0. The molecule has 0 amide bonds. The maximum absolute atomic E-state index is 13.7. The number of methoxy groups -OCH3 is 3. The van der Waals surface area contributed by atoms with E-state index in [1.54, 1.807) is 55.6 Å². The Kier molecular flexibility index (Phi) is 7.67. The molecule has 2 aromatic heterocycles. The van der Waals surface area contributed by atoms with E-state index in [1.807, 2.05) is 36.4 Å². The lowest BCUT2D eigenvalue weighted by atomic mass is 10.1. The van der Waals surface area contributed by atoms with Crippen LogP contribution in [-0.2, 0) is 6.61 Å². The van der Waals surface area contributed by atoms with Crippen molar-refractivity contribution in [2.24, 2.45) is 5.10 Å². The Morgan fingerprint density at radius 2 is 1.61 bits per heavy atom. The van der Waals surface area contributed by atoms with Gasteiger partial charge in [0, 0.05) is 11.1 Å². The number of nitrogens with zero attached hydrogens (tertiary/aromatic N) is 4. The minimum Gasteiger partial charge on any atom is -0.496 e. The smallest absolute Gasteiger partial charge is 0.282 e. The third-order valence-electron chi connectivity index (χ3n) is 7.03. The highest BCUT2D eigenvalue weighted by atomic mass is 16.5. The Hall–Kier alpha value is -6.08.